The average molecular weight is 212 g/mol. The average Bonchev–Trinajstić information content (AvgIpc) is 2.23. The van der Waals surface area contributed by atoms with Crippen molar-refractivity contribution in [1.29, 1.82) is 0 Å². The van der Waals surface area contributed by atoms with Crippen LogP contribution in [0.25, 0.3) is 0 Å². The summed E-state index contributed by atoms with van der Waals surface area (Å²) in [6.45, 7) is 11.8. The second-order valence-corrected chi connectivity index (χ2v) is 5.25. The van der Waals surface area contributed by atoms with E-state index in [9.17, 15) is 0 Å². The molecular formula is C15H32. The van der Waals surface area contributed by atoms with E-state index in [0.717, 1.165) is 17.8 Å². The molecule has 0 aliphatic carbocycles. The molecule has 0 N–H and O–H groups in total. The third-order valence-corrected chi connectivity index (χ3v) is 3.86. The van der Waals surface area contributed by atoms with Crippen LogP contribution in [0.5, 0.6) is 0 Å². The summed E-state index contributed by atoms with van der Waals surface area (Å²) in [5.41, 5.74) is 0. The summed E-state index contributed by atoms with van der Waals surface area (Å²) in [5.74, 6) is 2.90. The smallest absolute Gasteiger partial charge is 0.0386 e. The monoisotopic (exact) mass is 212 g/mol. The molecule has 92 valence electrons. The summed E-state index contributed by atoms with van der Waals surface area (Å²) in [7, 11) is 0. The molecule has 0 aliphatic heterocycles. The predicted octanol–water partition coefficient (Wildman–Crippen LogP) is 5.67. The Morgan fingerprint density at radius 1 is 0.733 bits per heavy atom. The van der Waals surface area contributed by atoms with Crippen LogP contribution in [0, 0.1) is 17.8 Å². The van der Waals surface area contributed by atoms with Crippen molar-refractivity contribution < 1.29 is 0 Å². The van der Waals surface area contributed by atoms with Gasteiger partial charge in [-0.15, -0.1) is 0 Å². The van der Waals surface area contributed by atoms with E-state index in [1.54, 1.807) is 0 Å². The Morgan fingerprint density at radius 3 is 1.67 bits per heavy atom. The molecule has 3 atom stereocenters. The molecular weight excluding hydrogens is 180 g/mol. The second-order valence-electron chi connectivity index (χ2n) is 5.25. The van der Waals surface area contributed by atoms with E-state index in [1.165, 1.54) is 44.9 Å². The van der Waals surface area contributed by atoms with Crippen LogP contribution in [0.2, 0.25) is 0 Å². The molecule has 0 amide bonds. The molecule has 0 aromatic rings. The minimum Gasteiger partial charge on any atom is -0.0654 e. The summed E-state index contributed by atoms with van der Waals surface area (Å²) >= 11 is 0. The Balaban J connectivity index is 4.07. The number of hydrogen-bond acceptors (Lipinski definition) is 0. The van der Waals surface area contributed by atoms with E-state index in [0.29, 0.717) is 0 Å². The van der Waals surface area contributed by atoms with Gasteiger partial charge in [-0.25, -0.2) is 0 Å². The molecule has 0 heterocycles. The Hall–Kier alpha value is 0. The van der Waals surface area contributed by atoms with Gasteiger partial charge in [-0.1, -0.05) is 73.1 Å². The number of rotatable bonds is 9. The van der Waals surface area contributed by atoms with Crippen LogP contribution >= 0.6 is 0 Å². The van der Waals surface area contributed by atoms with E-state index in [4.69, 9.17) is 0 Å². The lowest BCUT2D eigenvalue weighted by Crippen LogP contribution is -2.16. The molecule has 0 aliphatic rings. The van der Waals surface area contributed by atoms with Crippen molar-refractivity contribution in [1.82, 2.24) is 0 Å². The van der Waals surface area contributed by atoms with Crippen LogP contribution in [0.4, 0.5) is 0 Å². The second kappa shape index (κ2) is 9.24. The van der Waals surface area contributed by atoms with Gasteiger partial charge in [0.05, 0.1) is 0 Å². The predicted molar refractivity (Wildman–Crippen MR) is 71.2 cm³/mol. The quantitative estimate of drug-likeness (QED) is 0.462. The lowest BCUT2D eigenvalue weighted by Gasteiger charge is -2.27. The van der Waals surface area contributed by atoms with Gasteiger partial charge in [-0.3, -0.25) is 0 Å². The maximum atomic E-state index is 2.44. The van der Waals surface area contributed by atoms with Crippen LogP contribution < -0.4 is 0 Å². The molecule has 0 saturated heterocycles. The van der Waals surface area contributed by atoms with Gasteiger partial charge in [-0.05, 0) is 24.2 Å². The minimum absolute atomic E-state index is 0.936. The molecule has 0 heteroatoms. The molecule has 15 heavy (non-hydrogen) atoms. The van der Waals surface area contributed by atoms with Gasteiger partial charge < -0.3 is 0 Å². The van der Waals surface area contributed by atoms with E-state index in [-0.39, 0.29) is 0 Å². The van der Waals surface area contributed by atoms with Crippen molar-refractivity contribution in [3.63, 3.8) is 0 Å². The maximum Gasteiger partial charge on any atom is -0.0386 e. The Labute approximate surface area is 97.8 Å². The van der Waals surface area contributed by atoms with Gasteiger partial charge in [0.1, 0.15) is 0 Å². The summed E-state index contributed by atoms with van der Waals surface area (Å²) in [4.78, 5) is 0. The first-order valence-electron chi connectivity index (χ1n) is 7.19. The molecule has 0 aromatic carbocycles. The molecule has 3 unspecified atom stereocenters. The zero-order valence-corrected chi connectivity index (χ0v) is 11.7. The lowest BCUT2D eigenvalue weighted by molar-refractivity contribution is 0.239. The standard InChI is InChI=1S/C15H32/c1-6-10-13(5)12-15(9-4)14(8-3)11-7-2/h13-15H,6-12H2,1-5H3. The van der Waals surface area contributed by atoms with Crippen molar-refractivity contribution in [2.45, 2.75) is 79.6 Å². The molecule has 0 aromatic heterocycles. The number of hydrogen-bond donors (Lipinski definition) is 0. The summed E-state index contributed by atoms with van der Waals surface area (Å²) in [5, 5.41) is 0. The van der Waals surface area contributed by atoms with Crippen LogP contribution in [0.15, 0.2) is 0 Å². The fraction of sp³-hybridized carbons (Fsp3) is 1.00. The first-order valence-corrected chi connectivity index (χ1v) is 7.19. The molecule has 0 bridgehead atoms. The van der Waals surface area contributed by atoms with Gasteiger partial charge in [0, 0.05) is 0 Å². The summed E-state index contributed by atoms with van der Waals surface area (Å²) in [6, 6.07) is 0. The van der Waals surface area contributed by atoms with Crippen molar-refractivity contribution in [2.75, 3.05) is 0 Å². The zero-order chi connectivity index (χ0) is 11.7. The summed E-state index contributed by atoms with van der Waals surface area (Å²) in [6.07, 6.45) is 9.78. The van der Waals surface area contributed by atoms with Crippen molar-refractivity contribution in [3.05, 3.63) is 0 Å². The fourth-order valence-electron chi connectivity index (χ4n) is 2.96. The van der Waals surface area contributed by atoms with Gasteiger partial charge >= 0.3 is 0 Å². The zero-order valence-electron chi connectivity index (χ0n) is 11.7. The highest BCUT2D eigenvalue weighted by Crippen LogP contribution is 2.30. The van der Waals surface area contributed by atoms with E-state index >= 15 is 0 Å². The third-order valence-electron chi connectivity index (χ3n) is 3.86. The van der Waals surface area contributed by atoms with E-state index in [1.807, 2.05) is 0 Å². The maximum absolute atomic E-state index is 2.44. The van der Waals surface area contributed by atoms with Crippen LogP contribution in [-0.4, -0.2) is 0 Å². The fourth-order valence-corrected chi connectivity index (χ4v) is 2.96. The Morgan fingerprint density at radius 2 is 1.27 bits per heavy atom. The van der Waals surface area contributed by atoms with Crippen molar-refractivity contribution in [2.24, 2.45) is 17.8 Å². The molecule has 0 spiro atoms. The van der Waals surface area contributed by atoms with Gasteiger partial charge in [0.15, 0.2) is 0 Å². The largest absolute Gasteiger partial charge is 0.0654 e. The molecule has 0 rings (SSSR count). The Kier molecular flexibility index (Phi) is 9.24. The van der Waals surface area contributed by atoms with Crippen LogP contribution in [-0.2, 0) is 0 Å². The highest BCUT2D eigenvalue weighted by molar-refractivity contribution is 4.70. The first-order chi connectivity index (χ1) is 7.19. The van der Waals surface area contributed by atoms with Gasteiger partial charge in [-0.2, -0.15) is 0 Å². The van der Waals surface area contributed by atoms with Gasteiger partial charge in [0.2, 0.25) is 0 Å². The SMILES string of the molecule is CCCC(C)CC(CC)C(CC)CCC. The Bertz CT molecular complexity index is 128. The third kappa shape index (κ3) is 6.22. The highest BCUT2D eigenvalue weighted by atomic mass is 14.2. The molecule has 0 radical (unpaired) electrons. The normalized spacial score (nSPS) is 17.4. The molecule has 0 nitrogen and oxygen atoms in total. The van der Waals surface area contributed by atoms with Crippen molar-refractivity contribution in [3.8, 4) is 0 Å². The minimum atomic E-state index is 0.936. The molecule has 0 fully saturated rings. The van der Waals surface area contributed by atoms with Crippen LogP contribution in [0.3, 0.4) is 0 Å². The lowest BCUT2D eigenvalue weighted by atomic mass is 9.78. The summed E-state index contributed by atoms with van der Waals surface area (Å²) < 4.78 is 0. The van der Waals surface area contributed by atoms with Crippen molar-refractivity contribution >= 4 is 0 Å². The topological polar surface area (TPSA) is 0 Å². The van der Waals surface area contributed by atoms with E-state index in [2.05, 4.69) is 34.6 Å². The highest BCUT2D eigenvalue weighted by Gasteiger charge is 2.19. The van der Waals surface area contributed by atoms with E-state index < -0.39 is 0 Å². The van der Waals surface area contributed by atoms with Gasteiger partial charge in [0.25, 0.3) is 0 Å². The first kappa shape index (κ1) is 15.0. The van der Waals surface area contributed by atoms with Crippen LogP contribution in [0.1, 0.15) is 79.6 Å². The molecule has 0 saturated carbocycles.